The molecule has 0 aliphatic heterocycles. The quantitative estimate of drug-likeness (QED) is 0.114. The molecule has 0 bridgehead atoms. The van der Waals surface area contributed by atoms with E-state index in [0.717, 1.165) is 0 Å². The summed E-state index contributed by atoms with van der Waals surface area (Å²) in [6, 6.07) is 0. The first-order chi connectivity index (χ1) is 10.9. The maximum absolute atomic E-state index is 9.69. The first kappa shape index (κ1) is 34.5. The van der Waals surface area contributed by atoms with E-state index in [1.54, 1.807) is 0 Å². The van der Waals surface area contributed by atoms with Gasteiger partial charge >= 0.3 is 41.5 Å². The van der Waals surface area contributed by atoms with Gasteiger partial charge in [-0.05, 0) is 0 Å². The zero-order valence-corrected chi connectivity index (χ0v) is 15.9. The summed E-state index contributed by atoms with van der Waals surface area (Å²) in [5, 5.41) is 51.2. The number of nitrogens with two attached hydrogens (primary N) is 3. The molecule has 0 amide bonds. The molecule has 0 heterocycles. The number of rotatable bonds is 6. The molecule has 146 valence electrons. The topological polar surface area (TPSA) is 332 Å². The van der Waals surface area contributed by atoms with Crippen LogP contribution in [0.3, 0.4) is 0 Å². The molecule has 0 aromatic heterocycles. The van der Waals surface area contributed by atoms with Gasteiger partial charge in [0.1, 0.15) is 13.1 Å². The second-order valence-electron chi connectivity index (χ2n) is 3.46. The molecule has 0 radical (unpaired) electrons. The third-order valence-corrected chi connectivity index (χ3v) is 1.28. The Hall–Kier alpha value is -2.82. The Bertz CT molecular complexity index is 366. The Kier molecular flexibility index (Phi) is 29.4. The van der Waals surface area contributed by atoms with Crippen molar-refractivity contribution in [3.8, 4) is 0 Å². The number of aliphatic carboxylic acids is 3. The van der Waals surface area contributed by atoms with Crippen LogP contribution in [0.5, 0.6) is 0 Å². The Morgan fingerprint density at radius 3 is 1.08 bits per heavy atom. The van der Waals surface area contributed by atoms with Crippen molar-refractivity contribution in [1.29, 1.82) is 16.2 Å². The molecule has 0 saturated carbocycles. The van der Waals surface area contributed by atoms with Gasteiger partial charge in [-0.2, -0.15) is 0 Å². The molecule has 0 aromatic rings. The second kappa shape index (κ2) is 22.2. The normalized spacial score (nSPS) is 7.38. The van der Waals surface area contributed by atoms with Crippen LogP contribution in [0.15, 0.2) is 0 Å². The third-order valence-electron chi connectivity index (χ3n) is 1.28. The van der Waals surface area contributed by atoms with E-state index < -0.39 is 24.5 Å². The largest absolute Gasteiger partial charge is 1.00 e. The molecule has 0 spiro atoms. The molecule has 17 heteroatoms. The summed E-state index contributed by atoms with van der Waals surface area (Å²) in [5.41, 5.74) is 14.2. The van der Waals surface area contributed by atoms with Crippen LogP contribution in [-0.4, -0.2) is 71.1 Å². The predicted molar refractivity (Wildman–Crippen MR) is 83.6 cm³/mol. The summed E-state index contributed by atoms with van der Waals surface area (Å²) in [5.74, 6) is -4.35. The average Bonchev–Trinajstić information content (AvgIpc) is 2.42. The molecule has 16 N–H and O–H groups in total. The molecule has 26 heavy (non-hydrogen) atoms. The fourth-order valence-corrected chi connectivity index (χ4v) is 0.509. The number of carboxylic acids is 3. The van der Waals surface area contributed by atoms with Crippen molar-refractivity contribution < 1.29 is 64.7 Å². The van der Waals surface area contributed by atoms with E-state index in [9.17, 15) is 19.5 Å². The van der Waals surface area contributed by atoms with Crippen LogP contribution in [0.1, 0.15) is 0 Å². The number of hydrogen-bond donors (Lipinski definition) is 11. The molecule has 0 fully saturated rings. The minimum Gasteiger partial charge on any atom is -0.548 e. The Labute approximate surface area is 169 Å². The maximum atomic E-state index is 9.69. The SMILES string of the molecule is N=C(N)NCC(=O)O.N=C(N)NCC(=O)O.N=C(N)NCC(=O)[O-].O.[Na+]. The van der Waals surface area contributed by atoms with Crippen LogP contribution in [0, 0.1) is 16.2 Å². The number of guanidine groups is 3. The molecular weight excluding hydrogens is 369 g/mol. The first-order valence-corrected chi connectivity index (χ1v) is 5.75. The smallest absolute Gasteiger partial charge is 0.548 e. The van der Waals surface area contributed by atoms with E-state index in [0.29, 0.717) is 0 Å². The fraction of sp³-hybridized carbons (Fsp3) is 0.333. The molecule has 0 rings (SSSR count). The fourth-order valence-electron chi connectivity index (χ4n) is 0.509. The molecule has 0 aliphatic rings. The summed E-state index contributed by atoms with van der Waals surface area (Å²) in [6.45, 7) is -1.00. The molecule has 0 saturated heterocycles. The summed E-state index contributed by atoms with van der Waals surface area (Å²) >= 11 is 0. The van der Waals surface area contributed by atoms with Crippen molar-refractivity contribution in [1.82, 2.24) is 16.0 Å². The number of carboxylic acid groups (broad SMARTS) is 3. The van der Waals surface area contributed by atoms with Crippen LogP contribution in [0.2, 0.25) is 0 Å². The summed E-state index contributed by atoms with van der Waals surface area (Å²) in [4.78, 5) is 29.0. The molecule has 0 aromatic carbocycles. The van der Waals surface area contributed by atoms with Gasteiger partial charge in [-0.1, -0.05) is 0 Å². The van der Waals surface area contributed by atoms with Gasteiger partial charge in [0.15, 0.2) is 17.9 Å². The van der Waals surface area contributed by atoms with Gasteiger partial charge in [-0.25, -0.2) is 0 Å². The van der Waals surface area contributed by atoms with Crippen molar-refractivity contribution in [2.75, 3.05) is 19.6 Å². The van der Waals surface area contributed by atoms with E-state index in [1.807, 2.05) is 5.32 Å². The molecular formula is C9H22N9NaO7. The van der Waals surface area contributed by atoms with Gasteiger partial charge in [0.25, 0.3) is 0 Å². The molecule has 16 nitrogen and oxygen atoms in total. The van der Waals surface area contributed by atoms with Crippen molar-refractivity contribution in [3.05, 3.63) is 0 Å². The molecule has 0 aliphatic carbocycles. The van der Waals surface area contributed by atoms with Crippen LogP contribution in [-0.2, 0) is 14.4 Å². The van der Waals surface area contributed by atoms with Gasteiger partial charge in [0, 0.05) is 0 Å². The molecule has 0 atom stereocenters. The van der Waals surface area contributed by atoms with Crippen LogP contribution < -0.4 is 67.8 Å². The van der Waals surface area contributed by atoms with Crippen LogP contribution >= 0.6 is 0 Å². The van der Waals surface area contributed by atoms with Gasteiger partial charge in [-0.3, -0.25) is 25.8 Å². The van der Waals surface area contributed by atoms with Crippen molar-refractivity contribution in [2.24, 2.45) is 17.2 Å². The Morgan fingerprint density at radius 2 is 1.00 bits per heavy atom. The number of hydrogen-bond acceptors (Lipinski definition) is 7. The third kappa shape index (κ3) is 58.1. The zero-order chi connectivity index (χ0) is 19.7. The molecule has 0 unspecified atom stereocenters. The van der Waals surface area contributed by atoms with Gasteiger partial charge in [-0.15, -0.1) is 0 Å². The number of carbonyl (C=O) groups excluding carboxylic acids is 1. The van der Waals surface area contributed by atoms with E-state index in [1.165, 1.54) is 0 Å². The summed E-state index contributed by atoms with van der Waals surface area (Å²) in [6.07, 6.45) is 0. The summed E-state index contributed by atoms with van der Waals surface area (Å²) < 4.78 is 0. The Balaban J connectivity index is -0.0000000817. The van der Waals surface area contributed by atoms with Gasteiger partial charge in [0.05, 0.1) is 12.5 Å². The first-order valence-electron chi connectivity index (χ1n) is 5.75. The van der Waals surface area contributed by atoms with Crippen molar-refractivity contribution in [3.63, 3.8) is 0 Å². The van der Waals surface area contributed by atoms with Gasteiger partial charge < -0.3 is 58.7 Å². The maximum Gasteiger partial charge on any atom is 1.00 e. The number of carbonyl (C=O) groups is 3. The minimum absolute atomic E-state index is 0. The van der Waals surface area contributed by atoms with Crippen LogP contribution in [0.25, 0.3) is 0 Å². The van der Waals surface area contributed by atoms with E-state index in [-0.39, 0.29) is 66.0 Å². The number of nitrogens with one attached hydrogen (secondary N) is 6. The Morgan fingerprint density at radius 1 is 0.769 bits per heavy atom. The average molecular weight is 391 g/mol. The van der Waals surface area contributed by atoms with E-state index in [2.05, 4.69) is 10.6 Å². The van der Waals surface area contributed by atoms with E-state index in [4.69, 9.17) is 43.6 Å². The van der Waals surface area contributed by atoms with E-state index >= 15 is 0 Å². The monoisotopic (exact) mass is 391 g/mol. The van der Waals surface area contributed by atoms with Crippen molar-refractivity contribution in [2.45, 2.75) is 0 Å². The predicted octanol–water partition coefficient (Wildman–Crippen LogP) is -9.49. The van der Waals surface area contributed by atoms with Gasteiger partial charge in [0.2, 0.25) is 0 Å². The minimum atomic E-state index is -1.28. The van der Waals surface area contributed by atoms with Crippen molar-refractivity contribution >= 4 is 35.8 Å². The standard InChI is InChI=1S/3C3H7N3O2.Na.H2O/c3*4-3(5)6-1-2(7)8;;/h3*1H2,(H,7,8)(H4,4,5,6);;1H2/q;;;+1;/p-1. The van der Waals surface area contributed by atoms with Crippen LogP contribution in [0.4, 0.5) is 0 Å². The zero-order valence-electron chi connectivity index (χ0n) is 13.9. The second-order valence-corrected chi connectivity index (χ2v) is 3.46. The summed E-state index contributed by atoms with van der Waals surface area (Å²) in [7, 11) is 0.